The largest absolute Gasteiger partial charge is 0.326 e. The van der Waals surface area contributed by atoms with Gasteiger partial charge < -0.3 is 4.57 Å². The summed E-state index contributed by atoms with van der Waals surface area (Å²) in [5.74, 6) is 1.08. The summed E-state index contributed by atoms with van der Waals surface area (Å²) in [7, 11) is -3.00. The fourth-order valence-corrected chi connectivity index (χ4v) is 2.61. The van der Waals surface area contributed by atoms with E-state index in [4.69, 9.17) is 11.6 Å². The number of nitrogens with zero attached hydrogens (tertiary/aromatic N) is 2. The average molecular weight is 287 g/mol. The van der Waals surface area contributed by atoms with Crippen LogP contribution in [0.3, 0.4) is 0 Å². The first-order valence-electron chi connectivity index (χ1n) is 5.60. The highest BCUT2D eigenvalue weighted by Crippen LogP contribution is 2.19. The highest BCUT2D eigenvalue weighted by Gasteiger charge is 2.12. The minimum Gasteiger partial charge on any atom is -0.326 e. The molecule has 0 amide bonds. The summed E-state index contributed by atoms with van der Waals surface area (Å²) < 4.78 is 24.4. The Morgan fingerprint density at radius 1 is 1.39 bits per heavy atom. The van der Waals surface area contributed by atoms with Crippen molar-refractivity contribution in [3.8, 4) is 0 Å². The third-order valence-electron chi connectivity index (χ3n) is 2.79. The Bertz CT molecular complexity index is 677. The SMILES string of the molecule is Cc1ccc2nc(CCl)n(CCS(C)(=O)=O)c2c1. The van der Waals surface area contributed by atoms with Gasteiger partial charge in [-0.2, -0.15) is 0 Å². The van der Waals surface area contributed by atoms with Gasteiger partial charge in [0.25, 0.3) is 0 Å². The van der Waals surface area contributed by atoms with E-state index in [1.807, 2.05) is 29.7 Å². The third-order valence-corrected chi connectivity index (χ3v) is 3.95. The summed E-state index contributed by atoms with van der Waals surface area (Å²) in [6, 6.07) is 5.91. The topological polar surface area (TPSA) is 52.0 Å². The summed E-state index contributed by atoms with van der Waals surface area (Å²) in [6.45, 7) is 2.38. The number of fused-ring (bicyclic) bond motifs is 1. The van der Waals surface area contributed by atoms with Crippen LogP contribution in [0.4, 0.5) is 0 Å². The van der Waals surface area contributed by atoms with E-state index >= 15 is 0 Å². The van der Waals surface area contributed by atoms with E-state index in [1.54, 1.807) is 0 Å². The zero-order valence-corrected chi connectivity index (χ0v) is 11.9. The average Bonchev–Trinajstić information content (AvgIpc) is 2.62. The number of imidazole rings is 1. The van der Waals surface area contributed by atoms with Crippen LogP contribution < -0.4 is 0 Å². The molecule has 18 heavy (non-hydrogen) atoms. The number of sulfone groups is 1. The monoisotopic (exact) mass is 286 g/mol. The molecule has 0 unspecified atom stereocenters. The predicted octanol–water partition coefficient (Wildman–Crippen LogP) is 2.13. The van der Waals surface area contributed by atoms with Gasteiger partial charge in [-0.3, -0.25) is 0 Å². The van der Waals surface area contributed by atoms with Crippen LogP contribution in [-0.4, -0.2) is 30.0 Å². The molecule has 6 heteroatoms. The second-order valence-corrected chi connectivity index (χ2v) is 6.96. The summed E-state index contributed by atoms with van der Waals surface area (Å²) in [5, 5.41) is 0. The first-order chi connectivity index (χ1) is 8.40. The van der Waals surface area contributed by atoms with Crippen molar-refractivity contribution >= 4 is 32.5 Å². The molecule has 0 spiro atoms. The molecule has 0 saturated heterocycles. The number of aromatic nitrogens is 2. The molecule has 0 aliphatic carbocycles. The van der Waals surface area contributed by atoms with Gasteiger partial charge in [0, 0.05) is 12.8 Å². The van der Waals surface area contributed by atoms with Gasteiger partial charge in [0.15, 0.2) is 0 Å². The molecule has 1 heterocycles. The molecule has 0 radical (unpaired) electrons. The normalized spacial score (nSPS) is 12.2. The van der Waals surface area contributed by atoms with Gasteiger partial charge in [-0.15, -0.1) is 11.6 Å². The van der Waals surface area contributed by atoms with Gasteiger partial charge >= 0.3 is 0 Å². The van der Waals surface area contributed by atoms with Crippen LogP contribution in [0, 0.1) is 6.92 Å². The van der Waals surface area contributed by atoms with E-state index in [0.29, 0.717) is 12.4 Å². The quantitative estimate of drug-likeness (QED) is 0.809. The zero-order valence-electron chi connectivity index (χ0n) is 10.4. The van der Waals surface area contributed by atoms with Gasteiger partial charge in [0.2, 0.25) is 0 Å². The van der Waals surface area contributed by atoms with E-state index in [9.17, 15) is 8.42 Å². The van der Waals surface area contributed by atoms with Crippen LogP contribution >= 0.6 is 11.6 Å². The minimum atomic E-state index is -3.00. The lowest BCUT2D eigenvalue weighted by molar-refractivity contribution is 0.594. The molecule has 0 aliphatic heterocycles. The van der Waals surface area contributed by atoms with Crippen molar-refractivity contribution in [2.75, 3.05) is 12.0 Å². The Balaban J connectivity index is 2.49. The second-order valence-electron chi connectivity index (χ2n) is 4.44. The van der Waals surface area contributed by atoms with Crippen LogP contribution in [0.25, 0.3) is 11.0 Å². The number of benzene rings is 1. The van der Waals surface area contributed by atoms with E-state index in [-0.39, 0.29) is 11.6 Å². The molecule has 0 saturated carbocycles. The molecular weight excluding hydrogens is 272 g/mol. The number of rotatable bonds is 4. The standard InChI is InChI=1S/C12H15ClN2O2S/c1-9-3-4-10-11(7-9)15(12(8-13)14-10)5-6-18(2,16)17/h3-4,7H,5-6,8H2,1-2H3. The smallest absolute Gasteiger partial charge is 0.149 e. The summed E-state index contributed by atoms with van der Waals surface area (Å²) >= 11 is 5.86. The second kappa shape index (κ2) is 4.90. The number of alkyl halides is 1. The third kappa shape index (κ3) is 2.84. The predicted molar refractivity (Wildman–Crippen MR) is 73.7 cm³/mol. The van der Waals surface area contributed by atoms with Crippen molar-refractivity contribution in [1.82, 2.24) is 9.55 Å². The first-order valence-corrected chi connectivity index (χ1v) is 8.19. The molecule has 0 atom stereocenters. The van der Waals surface area contributed by atoms with Gasteiger partial charge in [0.1, 0.15) is 15.7 Å². The van der Waals surface area contributed by atoms with Crippen LogP contribution in [0.15, 0.2) is 18.2 Å². The molecule has 98 valence electrons. The van der Waals surface area contributed by atoms with Crippen molar-refractivity contribution in [3.63, 3.8) is 0 Å². The van der Waals surface area contributed by atoms with Crippen LogP contribution in [-0.2, 0) is 22.3 Å². The highest BCUT2D eigenvalue weighted by molar-refractivity contribution is 7.90. The zero-order chi connectivity index (χ0) is 13.3. The number of hydrogen-bond acceptors (Lipinski definition) is 3. The molecule has 4 nitrogen and oxygen atoms in total. The molecule has 2 aromatic rings. The van der Waals surface area contributed by atoms with E-state index in [1.165, 1.54) is 6.26 Å². The van der Waals surface area contributed by atoms with Crippen molar-refractivity contribution < 1.29 is 8.42 Å². The van der Waals surface area contributed by atoms with Gasteiger partial charge in [-0.05, 0) is 24.6 Å². The van der Waals surface area contributed by atoms with Gasteiger partial charge in [-0.1, -0.05) is 6.07 Å². The van der Waals surface area contributed by atoms with Crippen LogP contribution in [0.2, 0.25) is 0 Å². The van der Waals surface area contributed by atoms with Gasteiger partial charge in [0.05, 0.1) is 22.7 Å². The molecule has 1 aromatic carbocycles. The maximum atomic E-state index is 11.3. The van der Waals surface area contributed by atoms with Crippen LogP contribution in [0.1, 0.15) is 11.4 Å². The fourth-order valence-electron chi connectivity index (χ4n) is 1.89. The fraction of sp³-hybridized carbons (Fsp3) is 0.417. The summed E-state index contributed by atoms with van der Waals surface area (Å²) in [6.07, 6.45) is 1.23. The molecule has 2 rings (SSSR count). The van der Waals surface area contributed by atoms with Crippen molar-refractivity contribution in [1.29, 1.82) is 0 Å². The molecule has 0 N–H and O–H groups in total. The highest BCUT2D eigenvalue weighted by atomic mass is 35.5. The Kier molecular flexibility index (Phi) is 3.64. The number of aryl methyl sites for hydroxylation is 2. The Morgan fingerprint density at radius 2 is 2.11 bits per heavy atom. The maximum Gasteiger partial charge on any atom is 0.149 e. The molecular formula is C12H15ClN2O2S. The molecule has 0 bridgehead atoms. The van der Waals surface area contributed by atoms with Crippen molar-refractivity contribution in [3.05, 3.63) is 29.6 Å². The summed E-state index contributed by atoms with van der Waals surface area (Å²) in [4.78, 5) is 4.41. The lowest BCUT2D eigenvalue weighted by Crippen LogP contribution is -2.12. The Labute approximate surface area is 112 Å². The summed E-state index contributed by atoms with van der Waals surface area (Å²) in [5.41, 5.74) is 2.91. The lowest BCUT2D eigenvalue weighted by atomic mass is 10.2. The minimum absolute atomic E-state index is 0.0935. The Hall–Kier alpha value is -1.07. The van der Waals surface area contributed by atoms with Crippen LogP contribution in [0.5, 0.6) is 0 Å². The number of halogens is 1. The molecule has 1 aromatic heterocycles. The van der Waals surface area contributed by atoms with E-state index < -0.39 is 9.84 Å². The Morgan fingerprint density at radius 3 is 2.72 bits per heavy atom. The van der Waals surface area contributed by atoms with E-state index in [0.717, 1.165) is 16.6 Å². The maximum absolute atomic E-state index is 11.3. The lowest BCUT2D eigenvalue weighted by Gasteiger charge is -2.07. The molecule has 0 fully saturated rings. The first kappa shape index (κ1) is 13.4. The van der Waals surface area contributed by atoms with Gasteiger partial charge in [-0.25, -0.2) is 13.4 Å². The van der Waals surface area contributed by atoms with Crippen molar-refractivity contribution in [2.45, 2.75) is 19.3 Å². The number of hydrogen-bond donors (Lipinski definition) is 0. The van der Waals surface area contributed by atoms with E-state index in [2.05, 4.69) is 4.98 Å². The van der Waals surface area contributed by atoms with Crippen molar-refractivity contribution in [2.24, 2.45) is 0 Å². The molecule has 0 aliphatic rings.